The molecule has 8 heteroatoms. The van der Waals surface area contributed by atoms with Gasteiger partial charge in [-0.2, -0.15) is 0 Å². The normalized spacial score (nSPS) is 18.6. The smallest absolute Gasteiger partial charge is 0.377 e. The van der Waals surface area contributed by atoms with Gasteiger partial charge >= 0.3 is 11.9 Å². The number of hydrogen-bond acceptors (Lipinski definition) is 7. The molecule has 0 saturated carbocycles. The van der Waals surface area contributed by atoms with Crippen molar-refractivity contribution in [1.82, 2.24) is 0 Å². The first-order chi connectivity index (χ1) is 14.8. The monoisotopic (exact) mass is 434 g/mol. The van der Waals surface area contributed by atoms with E-state index in [0.717, 1.165) is 25.7 Å². The predicted octanol–water partition coefficient (Wildman–Crippen LogP) is 3.75. The number of benzene rings is 1. The molecule has 0 fully saturated rings. The molecule has 1 aliphatic rings. The fourth-order valence-corrected chi connectivity index (χ4v) is 3.32. The van der Waals surface area contributed by atoms with Crippen LogP contribution in [0.15, 0.2) is 41.4 Å². The number of aliphatic hydroxyl groups is 3. The van der Waals surface area contributed by atoms with Gasteiger partial charge in [-0.25, -0.2) is 9.59 Å². The molecule has 3 atom stereocenters. The van der Waals surface area contributed by atoms with Crippen LogP contribution < -0.4 is 4.74 Å². The van der Waals surface area contributed by atoms with Crippen molar-refractivity contribution in [1.29, 1.82) is 0 Å². The lowest BCUT2D eigenvalue weighted by Crippen LogP contribution is -2.33. The summed E-state index contributed by atoms with van der Waals surface area (Å²) in [6.07, 6.45) is 3.51. The molecule has 170 valence electrons. The summed E-state index contributed by atoms with van der Waals surface area (Å²) in [7, 11) is 0. The Hall–Kier alpha value is -3.00. The van der Waals surface area contributed by atoms with Crippen LogP contribution in [0.1, 0.15) is 51.5 Å². The van der Waals surface area contributed by atoms with Gasteiger partial charge in [0.25, 0.3) is 0 Å². The lowest BCUT2D eigenvalue weighted by Gasteiger charge is -2.18. The van der Waals surface area contributed by atoms with Crippen LogP contribution in [-0.4, -0.2) is 51.2 Å². The highest BCUT2D eigenvalue weighted by Gasteiger charge is 2.39. The third-order valence-electron chi connectivity index (χ3n) is 5.26. The van der Waals surface area contributed by atoms with Gasteiger partial charge in [-0.05, 0) is 36.1 Å². The summed E-state index contributed by atoms with van der Waals surface area (Å²) in [5.74, 6) is -2.95. The average molecular weight is 434 g/mol. The quantitative estimate of drug-likeness (QED) is 0.289. The first-order valence-electron chi connectivity index (χ1n) is 10.4. The standard InChI is InChI=1S/C23H30O8/c1-3-5-6-14(4-2)11-16(22(27)28)12-15-7-9-17(10-8-15)30-13-18(24)21-19(25)20(26)23(29)31-21/h7-10,12,14,18,21,24-26H,3-6,11,13H2,1-2H3,(H,27,28)/t14?,18-,21-/m1/s1. The second kappa shape index (κ2) is 11.4. The highest BCUT2D eigenvalue weighted by atomic mass is 16.6. The predicted molar refractivity (Wildman–Crippen MR) is 114 cm³/mol. The van der Waals surface area contributed by atoms with Gasteiger partial charge in [-0.15, -0.1) is 0 Å². The maximum absolute atomic E-state index is 11.7. The molecule has 4 N–H and O–H groups in total. The van der Waals surface area contributed by atoms with Crippen molar-refractivity contribution in [3.8, 4) is 5.75 Å². The van der Waals surface area contributed by atoms with E-state index in [1.807, 2.05) is 0 Å². The maximum atomic E-state index is 11.7. The van der Waals surface area contributed by atoms with Gasteiger partial charge in [0.1, 0.15) is 18.5 Å². The van der Waals surface area contributed by atoms with E-state index in [4.69, 9.17) is 4.74 Å². The molecule has 0 amide bonds. The molecule has 0 saturated heterocycles. The SMILES string of the molecule is CCCCC(CC)CC(=Cc1ccc(OC[C@@H](O)[C@H]2OC(=O)C(O)=C2O)cc1)C(=O)O. The Balaban J connectivity index is 1.98. The lowest BCUT2D eigenvalue weighted by atomic mass is 9.91. The number of ether oxygens (including phenoxy) is 2. The van der Waals surface area contributed by atoms with Gasteiger partial charge in [-0.1, -0.05) is 51.7 Å². The van der Waals surface area contributed by atoms with E-state index in [2.05, 4.69) is 18.6 Å². The van der Waals surface area contributed by atoms with Crippen LogP contribution in [0.3, 0.4) is 0 Å². The van der Waals surface area contributed by atoms with Crippen molar-refractivity contribution in [2.24, 2.45) is 5.92 Å². The molecule has 1 unspecified atom stereocenters. The first kappa shape index (κ1) is 24.3. The van der Waals surface area contributed by atoms with E-state index in [1.165, 1.54) is 0 Å². The number of aliphatic hydroxyl groups excluding tert-OH is 3. The Kier molecular flexibility index (Phi) is 8.93. The largest absolute Gasteiger partial charge is 0.505 e. The number of aliphatic carboxylic acids is 1. The summed E-state index contributed by atoms with van der Waals surface area (Å²) < 4.78 is 10.1. The van der Waals surface area contributed by atoms with Crippen molar-refractivity contribution in [2.45, 2.75) is 58.2 Å². The van der Waals surface area contributed by atoms with Crippen molar-refractivity contribution in [3.63, 3.8) is 0 Å². The Morgan fingerprint density at radius 2 is 1.90 bits per heavy atom. The van der Waals surface area contributed by atoms with E-state index in [0.29, 0.717) is 29.2 Å². The average Bonchev–Trinajstić information content (AvgIpc) is 3.02. The molecule has 2 rings (SSSR count). The molecule has 8 nitrogen and oxygen atoms in total. The number of carbonyl (C=O) groups is 2. The van der Waals surface area contributed by atoms with Crippen LogP contribution in [0, 0.1) is 5.92 Å². The highest BCUT2D eigenvalue weighted by Crippen LogP contribution is 2.25. The van der Waals surface area contributed by atoms with E-state index < -0.39 is 35.7 Å². The summed E-state index contributed by atoms with van der Waals surface area (Å²) in [6.45, 7) is 3.90. The van der Waals surface area contributed by atoms with E-state index in [1.54, 1.807) is 30.3 Å². The van der Waals surface area contributed by atoms with Gasteiger partial charge in [0.05, 0.1) is 0 Å². The molecule has 1 aliphatic heterocycles. The van der Waals surface area contributed by atoms with Gasteiger partial charge in [0.15, 0.2) is 11.9 Å². The maximum Gasteiger partial charge on any atom is 0.377 e. The first-order valence-corrected chi connectivity index (χ1v) is 10.4. The van der Waals surface area contributed by atoms with Crippen molar-refractivity contribution < 1.29 is 39.5 Å². The minimum Gasteiger partial charge on any atom is -0.505 e. The van der Waals surface area contributed by atoms with Crippen LogP contribution in [0.2, 0.25) is 0 Å². The molecule has 1 heterocycles. The Bertz CT molecular complexity index is 824. The minimum absolute atomic E-state index is 0.291. The van der Waals surface area contributed by atoms with Gasteiger partial charge < -0.3 is 29.9 Å². The van der Waals surface area contributed by atoms with Gasteiger partial charge in [0, 0.05) is 5.57 Å². The number of esters is 1. The Morgan fingerprint density at radius 1 is 1.23 bits per heavy atom. The zero-order valence-electron chi connectivity index (χ0n) is 17.8. The number of carboxylic acid groups (broad SMARTS) is 1. The van der Waals surface area contributed by atoms with E-state index >= 15 is 0 Å². The molecule has 0 bridgehead atoms. The zero-order valence-corrected chi connectivity index (χ0v) is 17.8. The number of rotatable bonds is 12. The van der Waals surface area contributed by atoms with E-state index in [9.17, 15) is 30.0 Å². The Labute approximate surface area is 181 Å². The number of carboxylic acids is 1. The topological polar surface area (TPSA) is 134 Å². The van der Waals surface area contributed by atoms with Crippen LogP contribution in [-0.2, 0) is 14.3 Å². The number of unbranched alkanes of at least 4 members (excludes halogenated alkanes) is 1. The fraction of sp³-hybridized carbons (Fsp3) is 0.478. The second-order valence-corrected chi connectivity index (χ2v) is 7.60. The molecule has 0 aromatic heterocycles. The van der Waals surface area contributed by atoms with Crippen LogP contribution >= 0.6 is 0 Å². The summed E-state index contributed by atoms with van der Waals surface area (Å²) in [6, 6.07) is 6.66. The van der Waals surface area contributed by atoms with Gasteiger partial charge in [0.2, 0.25) is 5.76 Å². The fourth-order valence-electron chi connectivity index (χ4n) is 3.32. The molecule has 0 spiro atoms. The zero-order chi connectivity index (χ0) is 23.0. The molecule has 31 heavy (non-hydrogen) atoms. The van der Waals surface area contributed by atoms with Crippen molar-refractivity contribution in [2.75, 3.05) is 6.61 Å². The Morgan fingerprint density at radius 3 is 2.42 bits per heavy atom. The third-order valence-corrected chi connectivity index (χ3v) is 5.26. The second-order valence-electron chi connectivity index (χ2n) is 7.60. The molecular formula is C23H30O8. The molecule has 1 aromatic rings. The molecule has 0 aliphatic carbocycles. The van der Waals surface area contributed by atoms with Crippen LogP contribution in [0.25, 0.3) is 6.08 Å². The molecular weight excluding hydrogens is 404 g/mol. The van der Waals surface area contributed by atoms with E-state index in [-0.39, 0.29) is 6.61 Å². The summed E-state index contributed by atoms with van der Waals surface area (Å²) >= 11 is 0. The molecule has 0 radical (unpaired) electrons. The van der Waals surface area contributed by atoms with Crippen molar-refractivity contribution in [3.05, 3.63) is 46.9 Å². The number of carbonyl (C=O) groups excluding carboxylic acids is 1. The summed E-state index contributed by atoms with van der Waals surface area (Å²) in [5, 5.41) is 38.5. The molecule has 1 aromatic carbocycles. The van der Waals surface area contributed by atoms with Crippen LogP contribution in [0.5, 0.6) is 5.75 Å². The van der Waals surface area contributed by atoms with Gasteiger partial charge in [-0.3, -0.25) is 0 Å². The van der Waals surface area contributed by atoms with Crippen LogP contribution in [0.4, 0.5) is 0 Å². The minimum atomic E-state index is -1.38. The number of cyclic esters (lactones) is 1. The summed E-state index contributed by atoms with van der Waals surface area (Å²) in [4.78, 5) is 22.9. The third kappa shape index (κ3) is 6.75. The lowest BCUT2D eigenvalue weighted by molar-refractivity contribution is -0.147. The summed E-state index contributed by atoms with van der Waals surface area (Å²) in [5.41, 5.74) is 1.07. The highest BCUT2D eigenvalue weighted by molar-refractivity contribution is 5.92. The van der Waals surface area contributed by atoms with Crippen molar-refractivity contribution >= 4 is 18.0 Å². The number of hydrogen-bond donors (Lipinski definition) is 4.